The second kappa shape index (κ2) is 7.94. The van der Waals surface area contributed by atoms with Crippen molar-refractivity contribution < 1.29 is 13.2 Å². The lowest BCUT2D eigenvalue weighted by Gasteiger charge is -2.14. The van der Waals surface area contributed by atoms with Gasteiger partial charge in [0.2, 0.25) is 0 Å². The highest BCUT2D eigenvalue weighted by atomic mass is 19.4. The summed E-state index contributed by atoms with van der Waals surface area (Å²) in [5.41, 5.74) is -2.24. The summed E-state index contributed by atoms with van der Waals surface area (Å²) in [5.74, 6) is 0.417. The van der Waals surface area contributed by atoms with E-state index in [1.165, 1.54) is 24.7 Å². The second-order valence-corrected chi connectivity index (χ2v) is 5.68. The fourth-order valence-electron chi connectivity index (χ4n) is 2.33. The van der Waals surface area contributed by atoms with E-state index in [-0.39, 0.29) is 11.4 Å². The summed E-state index contributed by atoms with van der Waals surface area (Å²) in [4.78, 5) is 27.6. The number of nitrogens with zero attached hydrogens (tertiary/aromatic N) is 4. The highest BCUT2D eigenvalue weighted by Gasteiger charge is 2.30. The van der Waals surface area contributed by atoms with Crippen LogP contribution in [0.2, 0.25) is 0 Å². The standard InChI is InChI=1S/C16H17F3N6O2/c1-24-13(11(8-20)14(26)25(2)15(24)27)22-7-3-6-21-12-5-4-10(9-23-12)16(17,18)19/h4-5,9,22H,3,6-7H2,1-2H3,(H,21,23). The molecule has 0 saturated carbocycles. The van der Waals surface area contributed by atoms with Gasteiger partial charge in [0.1, 0.15) is 17.7 Å². The number of pyridine rings is 1. The number of aromatic nitrogens is 3. The van der Waals surface area contributed by atoms with E-state index >= 15 is 0 Å². The van der Waals surface area contributed by atoms with Crippen LogP contribution in [0.25, 0.3) is 0 Å². The van der Waals surface area contributed by atoms with Crippen molar-refractivity contribution in [3.8, 4) is 6.07 Å². The molecule has 0 bridgehead atoms. The maximum atomic E-state index is 12.5. The Morgan fingerprint density at radius 1 is 1.15 bits per heavy atom. The summed E-state index contributed by atoms with van der Waals surface area (Å²) in [6.45, 7) is 0.703. The summed E-state index contributed by atoms with van der Waals surface area (Å²) in [7, 11) is 2.73. The molecule has 0 unspecified atom stereocenters. The van der Waals surface area contributed by atoms with Gasteiger partial charge in [-0.1, -0.05) is 0 Å². The number of hydrogen-bond acceptors (Lipinski definition) is 6. The molecule has 8 nitrogen and oxygen atoms in total. The van der Waals surface area contributed by atoms with E-state index in [9.17, 15) is 22.8 Å². The largest absolute Gasteiger partial charge is 0.417 e. The number of alkyl halides is 3. The van der Waals surface area contributed by atoms with Gasteiger partial charge in [-0.2, -0.15) is 18.4 Å². The van der Waals surface area contributed by atoms with Crippen molar-refractivity contribution in [3.05, 3.63) is 50.3 Å². The maximum absolute atomic E-state index is 12.5. The molecule has 11 heteroatoms. The monoisotopic (exact) mass is 382 g/mol. The Morgan fingerprint density at radius 3 is 2.37 bits per heavy atom. The van der Waals surface area contributed by atoms with Gasteiger partial charge in [-0.05, 0) is 18.6 Å². The van der Waals surface area contributed by atoms with Crippen LogP contribution in [0.3, 0.4) is 0 Å². The zero-order valence-electron chi connectivity index (χ0n) is 14.6. The Morgan fingerprint density at radius 2 is 1.81 bits per heavy atom. The second-order valence-electron chi connectivity index (χ2n) is 5.68. The Balaban J connectivity index is 1.94. The molecule has 2 heterocycles. The SMILES string of the molecule is Cn1c(NCCCNc2ccc(C(F)(F)F)cn2)c(C#N)c(=O)n(C)c1=O. The summed E-state index contributed by atoms with van der Waals surface area (Å²) in [5, 5.41) is 14.9. The molecule has 0 aliphatic heterocycles. The van der Waals surface area contributed by atoms with Crippen LogP contribution < -0.4 is 21.9 Å². The molecule has 0 radical (unpaired) electrons. The Labute approximate surface area is 151 Å². The molecular weight excluding hydrogens is 365 g/mol. The lowest BCUT2D eigenvalue weighted by Crippen LogP contribution is -2.40. The molecule has 2 N–H and O–H groups in total. The minimum Gasteiger partial charge on any atom is -0.370 e. The van der Waals surface area contributed by atoms with Crippen molar-refractivity contribution in [2.75, 3.05) is 23.7 Å². The van der Waals surface area contributed by atoms with Crippen molar-refractivity contribution in [2.24, 2.45) is 14.1 Å². The molecule has 27 heavy (non-hydrogen) atoms. The van der Waals surface area contributed by atoms with E-state index in [0.717, 1.165) is 16.8 Å². The minimum atomic E-state index is -4.43. The molecule has 0 saturated heterocycles. The van der Waals surface area contributed by atoms with Crippen LogP contribution in [0.15, 0.2) is 27.9 Å². The van der Waals surface area contributed by atoms with Crippen LogP contribution in [-0.4, -0.2) is 27.2 Å². The lowest BCUT2D eigenvalue weighted by atomic mass is 10.3. The first kappa shape index (κ1) is 20.0. The third kappa shape index (κ3) is 4.46. The molecular formula is C16H17F3N6O2. The van der Waals surface area contributed by atoms with Crippen LogP contribution in [-0.2, 0) is 20.3 Å². The molecule has 0 aliphatic carbocycles. The third-order valence-corrected chi connectivity index (χ3v) is 3.82. The van der Waals surface area contributed by atoms with Gasteiger partial charge in [-0.3, -0.25) is 13.9 Å². The van der Waals surface area contributed by atoms with Gasteiger partial charge in [0.15, 0.2) is 5.56 Å². The fourth-order valence-corrected chi connectivity index (χ4v) is 2.33. The van der Waals surface area contributed by atoms with Crippen LogP contribution >= 0.6 is 0 Å². The van der Waals surface area contributed by atoms with Crippen LogP contribution in [0.4, 0.5) is 24.8 Å². The first-order chi connectivity index (χ1) is 12.7. The maximum Gasteiger partial charge on any atom is 0.417 e. The molecule has 0 aromatic carbocycles. The number of nitrogens with one attached hydrogen (secondary N) is 2. The molecule has 144 valence electrons. The fraction of sp³-hybridized carbons (Fsp3) is 0.375. The van der Waals surface area contributed by atoms with Crippen molar-refractivity contribution in [1.29, 1.82) is 5.26 Å². The number of anilines is 2. The van der Waals surface area contributed by atoms with E-state index in [4.69, 9.17) is 5.26 Å². The average Bonchev–Trinajstić information content (AvgIpc) is 2.63. The zero-order chi connectivity index (χ0) is 20.2. The zero-order valence-corrected chi connectivity index (χ0v) is 14.6. The van der Waals surface area contributed by atoms with Gasteiger partial charge in [-0.15, -0.1) is 0 Å². The first-order valence-corrected chi connectivity index (χ1v) is 7.88. The number of hydrogen-bond donors (Lipinski definition) is 2. The number of rotatable bonds is 6. The molecule has 0 aliphatic rings. The van der Waals surface area contributed by atoms with Crippen molar-refractivity contribution in [3.63, 3.8) is 0 Å². The molecule has 2 aromatic rings. The van der Waals surface area contributed by atoms with Gasteiger partial charge in [-0.25, -0.2) is 9.78 Å². The van der Waals surface area contributed by atoms with Gasteiger partial charge < -0.3 is 10.6 Å². The van der Waals surface area contributed by atoms with Crippen molar-refractivity contribution in [1.82, 2.24) is 14.1 Å². The predicted molar refractivity (Wildman–Crippen MR) is 92.5 cm³/mol. The number of halogens is 3. The lowest BCUT2D eigenvalue weighted by molar-refractivity contribution is -0.137. The molecule has 2 rings (SSSR count). The normalized spacial score (nSPS) is 11.1. The summed E-state index contributed by atoms with van der Waals surface area (Å²) in [6.07, 6.45) is -3.19. The minimum absolute atomic E-state index is 0.123. The highest BCUT2D eigenvalue weighted by Crippen LogP contribution is 2.28. The molecule has 0 amide bonds. The third-order valence-electron chi connectivity index (χ3n) is 3.82. The molecule has 0 atom stereocenters. The number of nitriles is 1. The highest BCUT2D eigenvalue weighted by molar-refractivity contribution is 5.51. The van der Waals surface area contributed by atoms with Crippen LogP contribution in [0.5, 0.6) is 0 Å². The average molecular weight is 382 g/mol. The van der Waals surface area contributed by atoms with E-state index in [1.807, 2.05) is 0 Å². The van der Waals surface area contributed by atoms with Crippen molar-refractivity contribution >= 4 is 11.6 Å². The van der Waals surface area contributed by atoms with Gasteiger partial charge in [0.05, 0.1) is 5.56 Å². The Hall–Kier alpha value is -3.29. The van der Waals surface area contributed by atoms with E-state index in [0.29, 0.717) is 25.3 Å². The molecule has 0 fully saturated rings. The smallest absolute Gasteiger partial charge is 0.370 e. The molecule has 2 aromatic heterocycles. The summed E-state index contributed by atoms with van der Waals surface area (Å²) >= 11 is 0. The van der Waals surface area contributed by atoms with Gasteiger partial charge >= 0.3 is 11.9 Å². The Bertz CT molecular complexity index is 970. The molecule has 0 spiro atoms. The van der Waals surface area contributed by atoms with Gasteiger partial charge in [0.25, 0.3) is 5.56 Å². The Kier molecular flexibility index (Phi) is 5.89. The summed E-state index contributed by atoms with van der Waals surface area (Å²) in [6, 6.07) is 3.95. The van der Waals surface area contributed by atoms with Crippen LogP contribution in [0.1, 0.15) is 17.5 Å². The van der Waals surface area contributed by atoms with Crippen molar-refractivity contribution in [2.45, 2.75) is 12.6 Å². The van der Waals surface area contributed by atoms with Crippen LogP contribution in [0, 0.1) is 11.3 Å². The van der Waals surface area contributed by atoms with E-state index in [1.54, 1.807) is 6.07 Å². The summed E-state index contributed by atoms with van der Waals surface area (Å²) < 4.78 is 39.4. The van der Waals surface area contributed by atoms with E-state index < -0.39 is 23.0 Å². The van der Waals surface area contributed by atoms with Gasteiger partial charge in [0, 0.05) is 33.4 Å². The van der Waals surface area contributed by atoms with E-state index in [2.05, 4.69) is 15.6 Å². The predicted octanol–water partition coefficient (Wildman–Crippen LogP) is 1.28. The first-order valence-electron chi connectivity index (χ1n) is 7.88. The quantitative estimate of drug-likeness (QED) is 0.730. The topological polar surface area (TPSA) is 105 Å².